The number of hydrogen-bond acceptors (Lipinski definition) is 3. The first kappa shape index (κ1) is 14.3. The van der Waals surface area contributed by atoms with Gasteiger partial charge in [-0.2, -0.15) is 0 Å². The Kier molecular flexibility index (Phi) is 4.04. The van der Waals surface area contributed by atoms with Crippen LogP contribution in [0.5, 0.6) is 0 Å². The zero-order valence-electron chi connectivity index (χ0n) is 12.7. The molecule has 0 aromatic heterocycles. The van der Waals surface area contributed by atoms with Crippen molar-refractivity contribution in [2.75, 3.05) is 26.2 Å². The van der Waals surface area contributed by atoms with E-state index in [4.69, 9.17) is 0 Å². The average molecular weight is 280 g/mol. The van der Waals surface area contributed by atoms with Gasteiger partial charge in [0.15, 0.2) is 0 Å². The van der Waals surface area contributed by atoms with Gasteiger partial charge >= 0.3 is 5.97 Å². The van der Waals surface area contributed by atoms with E-state index < -0.39 is 11.4 Å². The number of carboxylic acids is 1. The summed E-state index contributed by atoms with van der Waals surface area (Å²) < 4.78 is 0. The molecule has 0 saturated carbocycles. The summed E-state index contributed by atoms with van der Waals surface area (Å²) in [6.07, 6.45) is 7.78. The predicted octanol–water partition coefficient (Wildman–Crippen LogP) is 2.19. The molecule has 0 aliphatic carbocycles. The topological polar surface area (TPSA) is 43.8 Å². The average Bonchev–Trinajstić information content (AvgIpc) is 2.94. The summed E-state index contributed by atoms with van der Waals surface area (Å²) in [5.74, 6) is -0.578. The molecule has 114 valence electrons. The van der Waals surface area contributed by atoms with Gasteiger partial charge in [-0.25, -0.2) is 0 Å². The molecule has 3 heterocycles. The van der Waals surface area contributed by atoms with Crippen molar-refractivity contribution < 1.29 is 9.90 Å². The van der Waals surface area contributed by atoms with Crippen LogP contribution in [-0.2, 0) is 4.79 Å². The minimum absolute atomic E-state index is 0.440. The van der Waals surface area contributed by atoms with Crippen LogP contribution in [0.3, 0.4) is 0 Å². The molecule has 3 fully saturated rings. The number of aliphatic carboxylic acids is 1. The lowest BCUT2D eigenvalue weighted by Crippen LogP contribution is -2.52. The van der Waals surface area contributed by atoms with E-state index in [0.29, 0.717) is 6.04 Å². The van der Waals surface area contributed by atoms with E-state index in [1.54, 1.807) is 0 Å². The number of rotatable bonds is 3. The van der Waals surface area contributed by atoms with E-state index in [2.05, 4.69) is 9.80 Å². The molecule has 3 saturated heterocycles. The Morgan fingerprint density at radius 3 is 2.40 bits per heavy atom. The minimum atomic E-state index is -0.578. The molecule has 3 rings (SSSR count). The smallest absolute Gasteiger partial charge is 0.309 e. The summed E-state index contributed by atoms with van der Waals surface area (Å²) in [6.45, 7) is 6.55. The summed E-state index contributed by atoms with van der Waals surface area (Å²) in [7, 11) is 0. The van der Waals surface area contributed by atoms with Gasteiger partial charge in [-0.3, -0.25) is 4.79 Å². The highest BCUT2D eigenvalue weighted by molar-refractivity contribution is 5.74. The standard InChI is InChI=1S/C16H28N2O2/c1-2-16(15(19)20)6-10-18(11-7-16)14-5-9-17-8-3-4-13(17)12-14/h13-14H,2-12H2,1H3,(H,19,20). The van der Waals surface area contributed by atoms with Crippen molar-refractivity contribution in [1.82, 2.24) is 9.80 Å². The highest BCUT2D eigenvalue weighted by Gasteiger charge is 2.42. The fraction of sp³-hybridized carbons (Fsp3) is 0.938. The molecule has 0 bridgehead atoms. The minimum Gasteiger partial charge on any atom is -0.481 e. The lowest BCUT2D eigenvalue weighted by molar-refractivity contribution is -0.153. The molecule has 0 radical (unpaired) electrons. The molecular weight excluding hydrogens is 252 g/mol. The lowest BCUT2D eigenvalue weighted by atomic mass is 9.75. The molecule has 3 aliphatic heterocycles. The number of carboxylic acid groups (broad SMARTS) is 1. The number of piperidine rings is 2. The van der Waals surface area contributed by atoms with Crippen molar-refractivity contribution in [3.8, 4) is 0 Å². The van der Waals surface area contributed by atoms with Crippen LogP contribution in [0.15, 0.2) is 0 Å². The van der Waals surface area contributed by atoms with Gasteiger partial charge < -0.3 is 14.9 Å². The molecule has 0 amide bonds. The molecule has 2 atom stereocenters. The fourth-order valence-corrected chi connectivity index (χ4v) is 4.57. The Labute approximate surface area is 122 Å². The lowest BCUT2D eigenvalue weighted by Gasteiger charge is -2.45. The Morgan fingerprint density at radius 2 is 1.75 bits per heavy atom. The first-order valence-electron chi connectivity index (χ1n) is 8.36. The maximum Gasteiger partial charge on any atom is 0.309 e. The van der Waals surface area contributed by atoms with Crippen molar-refractivity contribution in [2.45, 2.75) is 64.0 Å². The number of hydrogen-bond donors (Lipinski definition) is 1. The molecule has 4 nitrogen and oxygen atoms in total. The van der Waals surface area contributed by atoms with Crippen LogP contribution in [0.2, 0.25) is 0 Å². The van der Waals surface area contributed by atoms with E-state index >= 15 is 0 Å². The Balaban J connectivity index is 1.57. The molecule has 2 unspecified atom stereocenters. The second-order valence-electron chi connectivity index (χ2n) is 6.99. The highest BCUT2D eigenvalue weighted by atomic mass is 16.4. The van der Waals surface area contributed by atoms with Crippen LogP contribution in [0, 0.1) is 5.41 Å². The predicted molar refractivity (Wildman–Crippen MR) is 78.8 cm³/mol. The Morgan fingerprint density at radius 1 is 1.10 bits per heavy atom. The number of nitrogens with zero attached hydrogens (tertiary/aromatic N) is 2. The van der Waals surface area contributed by atoms with Crippen LogP contribution in [0.4, 0.5) is 0 Å². The Bertz CT molecular complexity index is 363. The molecule has 0 aromatic rings. The molecule has 1 N–H and O–H groups in total. The van der Waals surface area contributed by atoms with Gasteiger partial charge in [0.05, 0.1) is 5.41 Å². The monoisotopic (exact) mass is 280 g/mol. The number of fused-ring (bicyclic) bond motifs is 1. The number of carbonyl (C=O) groups is 1. The van der Waals surface area contributed by atoms with E-state index in [-0.39, 0.29) is 0 Å². The van der Waals surface area contributed by atoms with Gasteiger partial charge in [-0.15, -0.1) is 0 Å². The van der Waals surface area contributed by atoms with Gasteiger partial charge in [0.1, 0.15) is 0 Å². The van der Waals surface area contributed by atoms with Crippen molar-refractivity contribution in [2.24, 2.45) is 5.41 Å². The Hall–Kier alpha value is -0.610. The van der Waals surface area contributed by atoms with Crippen LogP contribution in [0.1, 0.15) is 51.9 Å². The summed E-state index contributed by atoms with van der Waals surface area (Å²) in [6, 6.07) is 1.52. The van der Waals surface area contributed by atoms with E-state index in [1.807, 2.05) is 6.92 Å². The van der Waals surface area contributed by atoms with Gasteiger partial charge in [0, 0.05) is 12.1 Å². The molecule has 20 heavy (non-hydrogen) atoms. The van der Waals surface area contributed by atoms with Crippen LogP contribution >= 0.6 is 0 Å². The SMILES string of the molecule is CCC1(C(=O)O)CCN(C2CCN3CCCC3C2)CC1. The molecule has 3 aliphatic rings. The third kappa shape index (κ3) is 2.48. The normalized spacial score (nSPS) is 34.9. The zero-order valence-corrected chi connectivity index (χ0v) is 12.7. The van der Waals surface area contributed by atoms with Crippen LogP contribution in [0.25, 0.3) is 0 Å². The highest BCUT2D eigenvalue weighted by Crippen LogP contribution is 2.38. The largest absolute Gasteiger partial charge is 0.481 e. The summed E-state index contributed by atoms with van der Waals surface area (Å²) in [5, 5.41) is 9.48. The first-order chi connectivity index (χ1) is 9.64. The van der Waals surface area contributed by atoms with Crippen molar-refractivity contribution in [3.05, 3.63) is 0 Å². The molecule has 0 aromatic carbocycles. The van der Waals surface area contributed by atoms with Crippen LogP contribution in [-0.4, -0.2) is 59.1 Å². The number of likely N-dealkylation sites (tertiary alicyclic amines) is 1. The van der Waals surface area contributed by atoms with Gasteiger partial charge in [0.2, 0.25) is 0 Å². The van der Waals surface area contributed by atoms with Crippen molar-refractivity contribution >= 4 is 5.97 Å². The van der Waals surface area contributed by atoms with E-state index in [1.165, 1.54) is 38.8 Å². The summed E-state index contributed by atoms with van der Waals surface area (Å²) in [4.78, 5) is 16.8. The third-order valence-corrected chi connectivity index (χ3v) is 6.19. The van der Waals surface area contributed by atoms with Crippen molar-refractivity contribution in [3.63, 3.8) is 0 Å². The maximum absolute atomic E-state index is 11.5. The molecule has 4 heteroatoms. The summed E-state index contributed by atoms with van der Waals surface area (Å²) >= 11 is 0. The maximum atomic E-state index is 11.5. The van der Waals surface area contributed by atoms with Crippen molar-refractivity contribution in [1.29, 1.82) is 0 Å². The van der Waals surface area contributed by atoms with Gasteiger partial charge in [-0.1, -0.05) is 6.92 Å². The second kappa shape index (κ2) is 5.64. The van der Waals surface area contributed by atoms with Gasteiger partial charge in [0.25, 0.3) is 0 Å². The second-order valence-corrected chi connectivity index (χ2v) is 6.99. The summed E-state index contributed by atoms with van der Waals surface area (Å²) in [5.41, 5.74) is -0.440. The zero-order chi connectivity index (χ0) is 14.2. The third-order valence-electron chi connectivity index (χ3n) is 6.19. The first-order valence-corrected chi connectivity index (χ1v) is 8.36. The van der Waals surface area contributed by atoms with E-state index in [0.717, 1.165) is 38.4 Å². The fourth-order valence-electron chi connectivity index (χ4n) is 4.57. The van der Waals surface area contributed by atoms with E-state index in [9.17, 15) is 9.90 Å². The quantitative estimate of drug-likeness (QED) is 0.860. The van der Waals surface area contributed by atoms with Gasteiger partial charge in [-0.05, 0) is 71.1 Å². The van der Waals surface area contributed by atoms with Crippen LogP contribution < -0.4 is 0 Å². The molecular formula is C16H28N2O2. The molecule has 0 spiro atoms.